The summed E-state index contributed by atoms with van der Waals surface area (Å²) in [6, 6.07) is 0. The second-order valence-corrected chi connectivity index (χ2v) is 6.36. The van der Waals surface area contributed by atoms with Gasteiger partial charge in [-0.25, -0.2) is 4.79 Å². The van der Waals surface area contributed by atoms with Crippen molar-refractivity contribution in [2.24, 2.45) is 5.92 Å². The van der Waals surface area contributed by atoms with Crippen LogP contribution in [-0.4, -0.2) is 28.4 Å². The minimum Gasteiger partial charge on any atom is -0.481 e. The Hall–Kier alpha value is -1.36. The van der Waals surface area contributed by atoms with Crippen LogP contribution in [0.3, 0.4) is 0 Å². The third-order valence-electron chi connectivity index (χ3n) is 4.34. The normalized spacial score (nSPS) is 18.6. The molecule has 0 saturated heterocycles. The van der Waals surface area contributed by atoms with Crippen LogP contribution in [-0.2, 0) is 14.3 Å². The number of hydrogen-bond acceptors (Lipinski definition) is 4. The van der Waals surface area contributed by atoms with Gasteiger partial charge in [-0.2, -0.15) is 0 Å². The number of carboxylic acid groups (broad SMARTS) is 1. The standard InChI is InChI=1S/C18H30O5/c1-2-3-4-5-6-7-8-9-10-11-14(17(20)21)12-15-13-16(19)23-18(15)22/h13-14,18,22H,2-12H2,1H3,(H,20,21). The fourth-order valence-corrected chi connectivity index (χ4v) is 2.90. The zero-order valence-corrected chi connectivity index (χ0v) is 14.1. The predicted molar refractivity (Wildman–Crippen MR) is 87.8 cm³/mol. The Morgan fingerprint density at radius 2 is 1.70 bits per heavy atom. The molecule has 0 fully saturated rings. The Labute approximate surface area is 138 Å². The lowest BCUT2D eigenvalue weighted by Crippen LogP contribution is -2.18. The summed E-state index contributed by atoms with van der Waals surface area (Å²) in [6.07, 6.45) is 11.4. The van der Waals surface area contributed by atoms with E-state index in [1.807, 2.05) is 0 Å². The van der Waals surface area contributed by atoms with Crippen LogP contribution in [0.2, 0.25) is 0 Å². The first-order chi connectivity index (χ1) is 11.0. The predicted octanol–water partition coefficient (Wildman–Crippen LogP) is 3.80. The number of hydrogen-bond donors (Lipinski definition) is 2. The summed E-state index contributed by atoms with van der Waals surface area (Å²) in [5.41, 5.74) is 0.373. The Balaban J connectivity index is 2.16. The number of aliphatic hydroxyl groups is 1. The minimum absolute atomic E-state index is 0.180. The molecule has 5 nitrogen and oxygen atoms in total. The van der Waals surface area contributed by atoms with Gasteiger partial charge in [-0.3, -0.25) is 4.79 Å². The number of aliphatic carboxylic acids is 1. The van der Waals surface area contributed by atoms with Crippen molar-refractivity contribution in [3.63, 3.8) is 0 Å². The van der Waals surface area contributed by atoms with Crippen LogP contribution in [0, 0.1) is 5.92 Å². The van der Waals surface area contributed by atoms with E-state index in [1.165, 1.54) is 44.6 Å². The van der Waals surface area contributed by atoms with Crippen molar-refractivity contribution in [1.82, 2.24) is 0 Å². The van der Waals surface area contributed by atoms with Gasteiger partial charge in [-0.05, 0) is 12.8 Å². The van der Waals surface area contributed by atoms with Gasteiger partial charge in [0, 0.05) is 11.6 Å². The average Bonchev–Trinajstić information content (AvgIpc) is 2.81. The number of unbranched alkanes of at least 4 members (excludes halogenated alkanes) is 8. The molecule has 0 aromatic carbocycles. The maximum absolute atomic E-state index is 11.3. The van der Waals surface area contributed by atoms with Crippen molar-refractivity contribution in [2.75, 3.05) is 0 Å². The van der Waals surface area contributed by atoms with E-state index in [9.17, 15) is 19.8 Å². The van der Waals surface area contributed by atoms with Crippen molar-refractivity contribution < 1.29 is 24.5 Å². The van der Waals surface area contributed by atoms with Crippen LogP contribution in [0.5, 0.6) is 0 Å². The largest absolute Gasteiger partial charge is 0.481 e. The molecule has 1 heterocycles. The molecule has 1 aliphatic rings. The number of esters is 1. The highest BCUT2D eigenvalue weighted by Crippen LogP contribution is 2.25. The van der Waals surface area contributed by atoms with E-state index in [0.717, 1.165) is 19.3 Å². The third-order valence-corrected chi connectivity index (χ3v) is 4.34. The second-order valence-electron chi connectivity index (χ2n) is 6.36. The number of ether oxygens (including phenoxy) is 1. The van der Waals surface area contributed by atoms with E-state index < -0.39 is 24.1 Å². The number of carbonyl (C=O) groups excluding carboxylic acids is 1. The van der Waals surface area contributed by atoms with E-state index in [4.69, 9.17) is 0 Å². The zero-order valence-electron chi connectivity index (χ0n) is 14.1. The first kappa shape index (κ1) is 19.7. The van der Waals surface area contributed by atoms with Crippen molar-refractivity contribution in [2.45, 2.75) is 83.8 Å². The Morgan fingerprint density at radius 3 is 2.17 bits per heavy atom. The van der Waals surface area contributed by atoms with Crippen LogP contribution in [0.15, 0.2) is 11.6 Å². The summed E-state index contributed by atoms with van der Waals surface area (Å²) in [4.78, 5) is 22.3. The molecule has 23 heavy (non-hydrogen) atoms. The molecule has 0 saturated carbocycles. The molecule has 5 heteroatoms. The Kier molecular flexibility index (Phi) is 9.60. The molecular weight excluding hydrogens is 296 g/mol. The quantitative estimate of drug-likeness (QED) is 0.397. The first-order valence-electron chi connectivity index (χ1n) is 8.86. The van der Waals surface area contributed by atoms with Crippen LogP contribution in [0.25, 0.3) is 0 Å². The average molecular weight is 326 g/mol. The summed E-state index contributed by atoms with van der Waals surface area (Å²) in [6.45, 7) is 2.21. The number of rotatable bonds is 13. The summed E-state index contributed by atoms with van der Waals surface area (Å²) in [7, 11) is 0. The van der Waals surface area contributed by atoms with Crippen molar-refractivity contribution >= 4 is 11.9 Å². The number of cyclic esters (lactones) is 1. The smallest absolute Gasteiger partial charge is 0.333 e. The van der Waals surface area contributed by atoms with Crippen molar-refractivity contribution in [3.05, 3.63) is 11.6 Å². The Bertz CT molecular complexity index is 402. The highest BCUT2D eigenvalue weighted by molar-refractivity contribution is 5.85. The summed E-state index contributed by atoms with van der Waals surface area (Å²) < 4.78 is 4.58. The molecule has 1 aliphatic heterocycles. The lowest BCUT2D eigenvalue weighted by atomic mass is 9.93. The zero-order chi connectivity index (χ0) is 17.1. The molecule has 0 radical (unpaired) electrons. The first-order valence-corrected chi connectivity index (χ1v) is 8.86. The van der Waals surface area contributed by atoms with Gasteiger partial charge < -0.3 is 14.9 Å². The van der Waals surface area contributed by atoms with E-state index >= 15 is 0 Å². The minimum atomic E-state index is -1.27. The van der Waals surface area contributed by atoms with Gasteiger partial charge in [0.1, 0.15) is 0 Å². The Morgan fingerprint density at radius 1 is 1.13 bits per heavy atom. The summed E-state index contributed by atoms with van der Waals surface area (Å²) in [5.74, 6) is -2.04. The SMILES string of the molecule is CCCCCCCCCCCC(CC1=CC(=O)OC1O)C(=O)O. The number of aliphatic hydroxyl groups excluding tert-OH is 1. The van der Waals surface area contributed by atoms with Gasteiger partial charge >= 0.3 is 11.9 Å². The molecule has 1 rings (SSSR count). The molecule has 0 aliphatic carbocycles. The van der Waals surface area contributed by atoms with Crippen LogP contribution in [0.1, 0.15) is 77.6 Å². The van der Waals surface area contributed by atoms with Crippen LogP contribution >= 0.6 is 0 Å². The molecule has 0 aromatic heterocycles. The highest BCUT2D eigenvalue weighted by Gasteiger charge is 2.28. The molecule has 0 amide bonds. The topological polar surface area (TPSA) is 83.8 Å². The van der Waals surface area contributed by atoms with Gasteiger partial charge in [0.15, 0.2) is 0 Å². The lowest BCUT2D eigenvalue weighted by molar-refractivity contribution is -0.151. The van der Waals surface area contributed by atoms with Crippen LogP contribution < -0.4 is 0 Å². The van der Waals surface area contributed by atoms with E-state index in [1.54, 1.807) is 0 Å². The molecule has 0 aromatic rings. The molecule has 2 N–H and O–H groups in total. The van der Waals surface area contributed by atoms with E-state index in [-0.39, 0.29) is 6.42 Å². The van der Waals surface area contributed by atoms with Crippen molar-refractivity contribution in [3.8, 4) is 0 Å². The molecule has 2 atom stereocenters. The molecule has 2 unspecified atom stereocenters. The van der Waals surface area contributed by atoms with Gasteiger partial charge in [-0.1, -0.05) is 64.7 Å². The van der Waals surface area contributed by atoms with E-state index in [2.05, 4.69) is 11.7 Å². The third kappa shape index (κ3) is 8.16. The number of carbonyl (C=O) groups is 2. The second kappa shape index (κ2) is 11.2. The molecule has 132 valence electrons. The van der Waals surface area contributed by atoms with E-state index in [0.29, 0.717) is 12.0 Å². The molecular formula is C18H30O5. The highest BCUT2D eigenvalue weighted by atomic mass is 16.6. The summed E-state index contributed by atoms with van der Waals surface area (Å²) in [5, 5.41) is 18.8. The van der Waals surface area contributed by atoms with Gasteiger partial charge in [0.2, 0.25) is 6.29 Å². The van der Waals surface area contributed by atoms with Gasteiger partial charge in [0.25, 0.3) is 0 Å². The lowest BCUT2D eigenvalue weighted by Gasteiger charge is -2.14. The van der Waals surface area contributed by atoms with Gasteiger partial charge in [-0.15, -0.1) is 0 Å². The fraction of sp³-hybridized carbons (Fsp3) is 0.778. The maximum atomic E-state index is 11.3. The number of carboxylic acids is 1. The molecule has 0 spiro atoms. The molecule has 0 bridgehead atoms. The van der Waals surface area contributed by atoms with Crippen LogP contribution in [0.4, 0.5) is 0 Å². The van der Waals surface area contributed by atoms with Crippen molar-refractivity contribution in [1.29, 1.82) is 0 Å². The monoisotopic (exact) mass is 326 g/mol. The summed E-state index contributed by atoms with van der Waals surface area (Å²) >= 11 is 0. The fourth-order valence-electron chi connectivity index (χ4n) is 2.90. The maximum Gasteiger partial charge on any atom is 0.333 e. The van der Waals surface area contributed by atoms with Gasteiger partial charge in [0.05, 0.1) is 5.92 Å².